The van der Waals surface area contributed by atoms with Crippen LogP contribution >= 0.6 is 0 Å². The zero-order valence-corrected chi connectivity index (χ0v) is 13.8. The lowest BCUT2D eigenvalue weighted by Gasteiger charge is -2.08. The summed E-state index contributed by atoms with van der Waals surface area (Å²) in [7, 11) is 3.10. The Labute approximate surface area is 139 Å². The third kappa shape index (κ3) is 2.69. The fourth-order valence-electron chi connectivity index (χ4n) is 2.87. The number of aromatic nitrogens is 1. The van der Waals surface area contributed by atoms with Crippen LogP contribution in [0.4, 0.5) is 0 Å². The highest BCUT2D eigenvalue weighted by molar-refractivity contribution is 6.16. The number of fused-ring (bicyclic) bond motifs is 1. The second-order valence-electron chi connectivity index (χ2n) is 5.56. The average Bonchev–Trinajstić information content (AvgIpc) is 2.89. The smallest absolute Gasteiger partial charge is 0.189 e. The molecule has 5 nitrogen and oxygen atoms in total. The highest BCUT2D eigenvalue weighted by Gasteiger charge is 2.27. The number of hydrogen-bond donors (Lipinski definition) is 0. The number of carbonyl (C=O) groups excluding carboxylic acids is 2. The molecule has 1 aliphatic carbocycles. The molecular formula is C19H17NO4. The van der Waals surface area contributed by atoms with Gasteiger partial charge in [0.05, 0.1) is 14.2 Å². The second-order valence-corrected chi connectivity index (χ2v) is 5.56. The number of nitrogens with zero attached hydrogens (tertiary/aromatic N) is 1. The van der Waals surface area contributed by atoms with E-state index in [2.05, 4.69) is 4.98 Å². The molecule has 1 aliphatic rings. The minimum absolute atomic E-state index is 0.0581. The van der Waals surface area contributed by atoms with Crippen LogP contribution in [0.3, 0.4) is 0 Å². The SMILES string of the molecule is COc1cc2c(cc1OC)C(=O)C(=Cc1ccncc1C(C)=O)C2. The molecule has 0 fully saturated rings. The minimum atomic E-state index is -0.0822. The summed E-state index contributed by atoms with van der Waals surface area (Å²) < 4.78 is 10.6. The Morgan fingerprint density at radius 3 is 2.58 bits per heavy atom. The van der Waals surface area contributed by atoms with Crippen LogP contribution in [0, 0.1) is 0 Å². The molecule has 0 saturated carbocycles. The summed E-state index contributed by atoms with van der Waals surface area (Å²) in [4.78, 5) is 28.4. The van der Waals surface area contributed by atoms with Crippen molar-refractivity contribution in [3.63, 3.8) is 0 Å². The van der Waals surface area contributed by atoms with Gasteiger partial charge in [0, 0.05) is 35.5 Å². The van der Waals surface area contributed by atoms with E-state index in [4.69, 9.17) is 9.47 Å². The van der Waals surface area contributed by atoms with E-state index in [0.29, 0.717) is 40.2 Å². The molecule has 3 rings (SSSR count). The molecule has 0 N–H and O–H groups in total. The molecule has 0 saturated heterocycles. The number of ether oxygens (including phenoxy) is 2. The predicted molar refractivity (Wildman–Crippen MR) is 89.8 cm³/mol. The van der Waals surface area contributed by atoms with Gasteiger partial charge in [-0.05, 0) is 42.3 Å². The van der Waals surface area contributed by atoms with Crippen molar-refractivity contribution in [1.82, 2.24) is 4.98 Å². The zero-order chi connectivity index (χ0) is 17.3. The summed E-state index contributed by atoms with van der Waals surface area (Å²) in [6.45, 7) is 1.49. The first-order valence-corrected chi connectivity index (χ1v) is 7.50. The second kappa shape index (κ2) is 6.28. The Hall–Kier alpha value is -2.95. The maximum absolute atomic E-state index is 12.7. The van der Waals surface area contributed by atoms with E-state index in [1.807, 2.05) is 6.07 Å². The van der Waals surface area contributed by atoms with E-state index in [-0.39, 0.29) is 11.6 Å². The van der Waals surface area contributed by atoms with Crippen molar-refractivity contribution < 1.29 is 19.1 Å². The Balaban J connectivity index is 2.04. The van der Waals surface area contributed by atoms with Crippen LogP contribution in [0.5, 0.6) is 11.5 Å². The molecule has 2 aromatic rings. The molecule has 0 atom stereocenters. The third-order valence-corrected chi connectivity index (χ3v) is 4.09. The van der Waals surface area contributed by atoms with Crippen LogP contribution in [-0.2, 0) is 6.42 Å². The summed E-state index contributed by atoms with van der Waals surface area (Å²) in [5, 5.41) is 0. The molecule has 1 aromatic heterocycles. The number of carbonyl (C=O) groups is 2. The molecule has 122 valence electrons. The van der Waals surface area contributed by atoms with Crippen LogP contribution in [0.25, 0.3) is 6.08 Å². The Morgan fingerprint density at radius 2 is 1.92 bits per heavy atom. The first-order chi connectivity index (χ1) is 11.5. The van der Waals surface area contributed by atoms with Crippen LogP contribution in [0.15, 0.2) is 36.2 Å². The van der Waals surface area contributed by atoms with E-state index >= 15 is 0 Å². The molecule has 5 heteroatoms. The summed E-state index contributed by atoms with van der Waals surface area (Å²) in [6.07, 6.45) is 5.39. The van der Waals surface area contributed by atoms with Crippen LogP contribution in [0.1, 0.15) is 38.8 Å². The van der Waals surface area contributed by atoms with Gasteiger partial charge in [-0.25, -0.2) is 0 Å². The van der Waals surface area contributed by atoms with Crippen molar-refractivity contribution in [2.75, 3.05) is 14.2 Å². The van der Waals surface area contributed by atoms with Crippen molar-refractivity contribution in [2.24, 2.45) is 0 Å². The Bertz CT molecular complexity index is 868. The fourth-order valence-corrected chi connectivity index (χ4v) is 2.87. The van der Waals surface area contributed by atoms with E-state index < -0.39 is 0 Å². The summed E-state index contributed by atoms with van der Waals surface area (Å²) in [5.41, 5.74) is 3.34. The van der Waals surface area contributed by atoms with Gasteiger partial charge in [-0.3, -0.25) is 14.6 Å². The van der Waals surface area contributed by atoms with Crippen LogP contribution < -0.4 is 9.47 Å². The van der Waals surface area contributed by atoms with Gasteiger partial charge in [-0.1, -0.05) is 0 Å². The number of rotatable bonds is 4. The molecule has 1 heterocycles. The number of methoxy groups -OCH3 is 2. The van der Waals surface area contributed by atoms with Crippen molar-refractivity contribution in [1.29, 1.82) is 0 Å². The van der Waals surface area contributed by atoms with Crippen molar-refractivity contribution in [2.45, 2.75) is 13.3 Å². The van der Waals surface area contributed by atoms with Crippen molar-refractivity contribution in [3.8, 4) is 11.5 Å². The van der Waals surface area contributed by atoms with E-state index in [0.717, 1.165) is 5.56 Å². The number of pyridine rings is 1. The number of ketones is 2. The monoisotopic (exact) mass is 323 g/mol. The van der Waals surface area contributed by atoms with Crippen molar-refractivity contribution >= 4 is 17.6 Å². The van der Waals surface area contributed by atoms with Crippen LogP contribution in [-0.4, -0.2) is 30.8 Å². The quantitative estimate of drug-likeness (QED) is 0.639. The standard InChI is InChI=1S/C19H17NO4/c1-11(21)16-10-20-5-4-12(16)6-14-7-13-8-17(23-2)18(24-3)9-15(13)19(14)22/h4-6,8-10H,7H2,1-3H3. The molecule has 0 radical (unpaired) electrons. The number of Topliss-reactive ketones (excluding diaryl/α,β-unsaturated/α-hetero) is 2. The van der Waals surface area contributed by atoms with Crippen molar-refractivity contribution in [3.05, 3.63) is 58.4 Å². The lowest BCUT2D eigenvalue weighted by atomic mass is 10.0. The summed E-state index contributed by atoms with van der Waals surface area (Å²) >= 11 is 0. The topological polar surface area (TPSA) is 65.5 Å². The molecule has 0 bridgehead atoms. The lowest BCUT2D eigenvalue weighted by Crippen LogP contribution is -2.00. The molecule has 0 aliphatic heterocycles. The molecule has 24 heavy (non-hydrogen) atoms. The number of benzene rings is 1. The van der Waals surface area contributed by atoms with E-state index in [1.54, 1.807) is 31.5 Å². The molecule has 0 unspecified atom stereocenters. The van der Waals surface area contributed by atoms with Gasteiger partial charge in [-0.2, -0.15) is 0 Å². The zero-order valence-electron chi connectivity index (χ0n) is 13.8. The van der Waals surface area contributed by atoms with Gasteiger partial charge in [0.15, 0.2) is 23.1 Å². The van der Waals surface area contributed by atoms with Crippen LogP contribution in [0.2, 0.25) is 0 Å². The maximum Gasteiger partial charge on any atom is 0.189 e. The van der Waals surface area contributed by atoms with E-state index in [9.17, 15) is 9.59 Å². The first-order valence-electron chi connectivity index (χ1n) is 7.50. The first kappa shape index (κ1) is 15.9. The lowest BCUT2D eigenvalue weighted by molar-refractivity contribution is 0.101. The molecule has 1 aromatic carbocycles. The van der Waals surface area contributed by atoms with Gasteiger partial charge in [0.2, 0.25) is 0 Å². The molecule has 0 amide bonds. The van der Waals surface area contributed by atoms with Gasteiger partial charge in [0.25, 0.3) is 0 Å². The van der Waals surface area contributed by atoms with Gasteiger partial charge in [0.1, 0.15) is 0 Å². The minimum Gasteiger partial charge on any atom is -0.493 e. The fraction of sp³-hybridized carbons (Fsp3) is 0.211. The van der Waals surface area contributed by atoms with Gasteiger partial charge >= 0.3 is 0 Å². The average molecular weight is 323 g/mol. The highest BCUT2D eigenvalue weighted by Crippen LogP contribution is 2.37. The summed E-state index contributed by atoms with van der Waals surface area (Å²) in [5.74, 6) is 0.983. The Kier molecular flexibility index (Phi) is 4.16. The third-order valence-electron chi connectivity index (χ3n) is 4.09. The summed E-state index contributed by atoms with van der Waals surface area (Å²) in [6, 6.07) is 5.27. The van der Waals surface area contributed by atoms with Gasteiger partial charge in [-0.15, -0.1) is 0 Å². The molecule has 0 spiro atoms. The van der Waals surface area contributed by atoms with Gasteiger partial charge < -0.3 is 9.47 Å². The molecular weight excluding hydrogens is 306 g/mol. The highest BCUT2D eigenvalue weighted by atomic mass is 16.5. The van der Waals surface area contributed by atoms with E-state index in [1.165, 1.54) is 20.2 Å². The predicted octanol–water partition coefficient (Wildman–Crippen LogP) is 3.12. The Morgan fingerprint density at radius 1 is 1.21 bits per heavy atom. The number of allylic oxidation sites excluding steroid dienone is 1. The normalized spacial score (nSPS) is 14.6. The maximum atomic E-state index is 12.7. The number of hydrogen-bond acceptors (Lipinski definition) is 5. The largest absolute Gasteiger partial charge is 0.493 e.